The Labute approximate surface area is 183 Å². The summed E-state index contributed by atoms with van der Waals surface area (Å²) in [5.74, 6) is 1.23. The molecule has 1 aromatic heterocycles. The van der Waals surface area contributed by atoms with Crippen LogP contribution in [0, 0.1) is 0 Å². The number of carbonyl (C=O) groups excluding carboxylic acids is 1. The molecule has 0 radical (unpaired) electrons. The van der Waals surface area contributed by atoms with Gasteiger partial charge in [-0.25, -0.2) is 0 Å². The lowest BCUT2D eigenvalue weighted by Gasteiger charge is -2.32. The Bertz CT molecular complexity index is 1040. The predicted octanol–water partition coefficient (Wildman–Crippen LogP) is 4.93. The fourth-order valence-corrected chi connectivity index (χ4v) is 3.68. The van der Waals surface area contributed by atoms with Crippen molar-refractivity contribution >= 4 is 5.91 Å². The van der Waals surface area contributed by atoms with Gasteiger partial charge in [0.1, 0.15) is 5.75 Å². The van der Waals surface area contributed by atoms with Crippen molar-refractivity contribution in [1.82, 2.24) is 15.0 Å². The van der Waals surface area contributed by atoms with Crippen LogP contribution in [0.1, 0.15) is 37.1 Å². The molecule has 1 aliphatic rings. The molecule has 0 N–H and O–H groups in total. The number of carbonyl (C=O) groups is 1. The van der Waals surface area contributed by atoms with Gasteiger partial charge in [0, 0.05) is 24.6 Å². The molecule has 1 unspecified atom stereocenters. The number of likely N-dealkylation sites (tertiary alicyclic amines) is 1. The summed E-state index contributed by atoms with van der Waals surface area (Å²) < 4.78 is 49.3. The summed E-state index contributed by atoms with van der Waals surface area (Å²) in [6.07, 6.45) is -3.68. The third-order valence-electron chi connectivity index (χ3n) is 5.47. The van der Waals surface area contributed by atoms with Crippen LogP contribution >= 0.6 is 0 Å². The number of para-hydroxylation sites is 1. The minimum absolute atomic E-state index is 0.0138. The molecule has 9 heteroatoms. The molecule has 2 aromatic carbocycles. The Morgan fingerprint density at radius 1 is 1.09 bits per heavy atom. The van der Waals surface area contributed by atoms with Crippen molar-refractivity contribution in [1.29, 1.82) is 0 Å². The zero-order chi connectivity index (χ0) is 22.7. The van der Waals surface area contributed by atoms with E-state index in [1.165, 1.54) is 12.1 Å². The molecular formula is C23H22F3N3O3. The van der Waals surface area contributed by atoms with E-state index in [1.807, 2.05) is 18.2 Å². The number of halogens is 3. The molecule has 0 aliphatic carbocycles. The molecule has 1 atom stereocenters. The first-order valence-electron chi connectivity index (χ1n) is 10.3. The molecule has 4 rings (SSSR count). The number of alkyl halides is 3. The summed E-state index contributed by atoms with van der Waals surface area (Å²) in [4.78, 5) is 18.8. The summed E-state index contributed by atoms with van der Waals surface area (Å²) >= 11 is 0. The van der Waals surface area contributed by atoms with Crippen LogP contribution in [0.4, 0.5) is 13.2 Å². The van der Waals surface area contributed by atoms with Gasteiger partial charge in [-0.05, 0) is 44.0 Å². The third kappa shape index (κ3) is 4.92. The van der Waals surface area contributed by atoms with E-state index in [1.54, 1.807) is 24.0 Å². The van der Waals surface area contributed by atoms with Crippen molar-refractivity contribution < 1.29 is 27.2 Å². The van der Waals surface area contributed by atoms with Crippen LogP contribution in [0.2, 0.25) is 0 Å². The van der Waals surface area contributed by atoms with Crippen molar-refractivity contribution in [2.75, 3.05) is 13.1 Å². The van der Waals surface area contributed by atoms with E-state index >= 15 is 0 Å². The average molecular weight is 445 g/mol. The number of rotatable bonds is 5. The summed E-state index contributed by atoms with van der Waals surface area (Å²) in [5, 5.41) is 3.91. The number of nitrogens with zero attached hydrogens (tertiary/aromatic N) is 3. The summed E-state index contributed by atoms with van der Waals surface area (Å²) in [5.41, 5.74) is -0.278. The molecule has 1 fully saturated rings. The fourth-order valence-electron chi connectivity index (χ4n) is 3.68. The number of benzene rings is 2. The van der Waals surface area contributed by atoms with E-state index in [4.69, 9.17) is 9.26 Å². The highest BCUT2D eigenvalue weighted by Crippen LogP contribution is 2.32. The number of hydrogen-bond acceptors (Lipinski definition) is 5. The summed E-state index contributed by atoms with van der Waals surface area (Å²) in [6.45, 7) is 2.80. The molecule has 0 bridgehead atoms. The molecule has 3 aromatic rings. The monoisotopic (exact) mass is 445 g/mol. The molecule has 32 heavy (non-hydrogen) atoms. The lowest BCUT2D eigenvalue weighted by atomic mass is 9.96. The van der Waals surface area contributed by atoms with E-state index in [2.05, 4.69) is 10.1 Å². The quantitative estimate of drug-likeness (QED) is 0.557. The van der Waals surface area contributed by atoms with Crippen LogP contribution in [0.15, 0.2) is 59.1 Å². The zero-order valence-corrected chi connectivity index (χ0v) is 17.4. The topological polar surface area (TPSA) is 68.5 Å². The first-order valence-corrected chi connectivity index (χ1v) is 10.3. The van der Waals surface area contributed by atoms with Gasteiger partial charge in [0.2, 0.25) is 11.7 Å². The Morgan fingerprint density at radius 2 is 1.75 bits per heavy atom. The largest absolute Gasteiger partial charge is 0.481 e. The third-order valence-corrected chi connectivity index (χ3v) is 5.47. The Morgan fingerprint density at radius 3 is 2.38 bits per heavy atom. The second kappa shape index (κ2) is 9.02. The van der Waals surface area contributed by atoms with Crippen LogP contribution in [0.25, 0.3) is 11.4 Å². The van der Waals surface area contributed by atoms with Crippen LogP contribution in [0.3, 0.4) is 0 Å². The average Bonchev–Trinajstić information content (AvgIpc) is 3.29. The van der Waals surface area contributed by atoms with Gasteiger partial charge in [0.15, 0.2) is 6.10 Å². The van der Waals surface area contributed by atoms with Crippen molar-refractivity contribution in [3.05, 3.63) is 66.1 Å². The first-order chi connectivity index (χ1) is 15.3. The van der Waals surface area contributed by atoms with Gasteiger partial charge in [-0.15, -0.1) is 0 Å². The van der Waals surface area contributed by atoms with E-state index in [0.717, 1.165) is 12.1 Å². The van der Waals surface area contributed by atoms with Crippen molar-refractivity contribution in [2.24, 2.45) is 0 Å². The van der Waals surface area contributed by atoms with Gasteiger partial charge >= 0.3 is 6.18 Å². The van der Waals surface area contributed by atoms with Gasteiger partial charge in [0.25, 0.3) is 5.91 Å². The molecule has 1 aliphatic heterocycles. The van der Waals surface area contributed by atoms with Gasteiger partial charge in [-0.1, -0.05) is 35.5 Å². The second-order valence-corrected chi connectivity index (χ2v) is 7.70. The standard InChI is InChI=1S/C23H22F3N3O3/c1-15(31-19-5-3-2-4-6-19)22(30)29-13-11-17(12-14-29)21-27-20(28-32-21)16-7-9-18(10-8-16)23(24,25)26/h2-10,15,17H,11-14H2,1H3. The molecule has 6 nitrogen and oxygen atoms in total. The number of piperidine rings is 1. The Kier molecular flexibility index (Phi) is 6.16. The zero-order valence-electron chi connectivity index (χ0n) is 17.4. The van der Waals surface area contributed by atoms with E-state index in [-0.39, 0.29) is 17.6 Å². The van der Waals surface area contributed by atoms with Crippen molar-refractivity contribution in [3.63, 3.8) is 0 Å². The minimum Gasteiger partial charge on any atom is -0.481 e. The summed E-state index contributed by atoms with van der Waals surface area (Å²) in [6, 6.07) is 13.8. The molecule has 0 saturated carbocycles. The maximum absolute atomic E-state index is 12.7. The maximum atomic E-state index is 12.7. The lowest BCUT2D eigenvalue weighted by Crippen LogP contribution is -2.44. The Balaban J connectivity index is 1.34. The second-order valence-electron chi connectivity index (χ2n) is 7.70. The minimum atomic E-state index is -4.39. The van der Waals surface area contributed by atoms with Crippen LogP contribution in [-0.4, -0.2) is 40.1 Å². The Hall–Kier alpha value is -3.36. The van der Waals surface area contributed by atoms with Crippen molar-refractivity contribution in [2.45, 2.75) is 38.0 Å². The highest BCUT2D eigenvalue weighted by atomic mass is 19.4. The van der Waals surface area contributed by atoms with Crippen LogP contribution < -0.4 is 4.74 Å². The van der Waals surface area contributed by atoms with Crippen molar-refractivity contribution in [3.8, 4) is 17.1 Å². The summed E-state index contributed by atoms with van der Waals surface area (Å²) in [7, 11) is 0. The van der Waals surface area contributed by atoms with Crippen LogP contribution in [-0.2, 0) is 11.0 Å². The number of ether oxygens (including phenoxy) is 1. The SMILES string of the molecule is CC(Oc1ccccc1)C(=O)N1CCC(c2nc(-c3ccc(C(F)(F)F)cc3)no2)CC1. The fraction of sp³-hybridized carbons (Fsp3) is 0.348. The van der Waals surface area contributed by atoms with E-state index in [9.17, 15) is 18.0 Å². The predicted molar refractivity (Wildman–Crippen MR) is 110 cm³/mol. The molecular weight excluding hydrogens is 423 g/mol. The van der Waals surface area contributed by atoms with Gasteiger partial charge in [-0.2, -0.15) is 18.2 Å². The van der Waals surface area contributed by atoms with E-state index < -0.39 is 17.8 Å². The number of hydrogen-bond donors (Lipinski definition) is 0. The molecule has 1 saturated heterocycles. The molecule has 168 valence electrons. The first kappa shape index (κ1) is 21.9. The normalized spacial score (nSPS) is 16.1. The number of amides is 1. The van der Waals surface area contributed by atoms with Gasteiger partial charge in [-0.3, -0.25) is 4.79 Å². The maximum Gasteiger partial charge on any atom is 0.416 e. The van der Waals surface area contributed by atoms with Gasteiger partial charge in [0.05, 0.1) is 5.56 Å². The molecule has 2 heterocycles. The lowest BCUT2D eigenvalue weighted by molar-refractivity contribution is -0.139. The smallest absolute Gasteiger partial charge is 0.416 e. The van der Waals surface area contributed by atoms with Crippen LogP contribution in [0.5, 0.6) is 5.75 Å². The highest BCUT2D eigenvalue weighted by Gasteiger charge is 2.31. The molecule has 0 spiro atoms. The molecule has 1 amide bonds. The number of aromatic nitrogens is 2. The van der Waals surface area contributed by atoms with Gasteiger partial charge < -0.3 is 14.2 Å². The van der Waals surface area contributed by atoms with E-state index in [0.29, 0.717) is 43.1 Å². The highest BCUT2D eigenvalue weighted by molar-refractivity contribution is 5.81.